The van der Waals surface area contributed by atoms with Gasteiger partial charge in [-0.25, -0.2) is 4.39 Å². The van der Waals surface area contributed by atoms with E-state index in [-0.39, 0.29) is 10.8 Å². The van der Waals surface area contributed by atoms with Crippen molar-refractivity contribution in [3.8, 4) is 0 Å². The van der Waals surface area contributed by atoms with E-state index >= 15 is 0 Å². The molecule has 0 spiro atoms. The molecule has 114 valence electrons. The largest absolute Gasteiger partial charge is 0.370 e. The number of hydrogen-bond acceptors (Lipinski definition) is 1. The maximum Gasteiger partial charge on any atom is 0.188 e. The van der Waals surface area contributed by atoms with E-state index in [1.807, 2.05) is 6.07 Å². The quantitative estimate of drug-likeness (QED) is 0.661. The zero-order valence-electron chi connectivity index (χ0n) is 12.0. The number of nitrogens with two attached hydrogens (primary N) is 1. The predicted octanol–water partition coefficient (Wildman–Crippen LogP) is 3.43. The molecular weight excluding hydrogens is 289 g/mol. The van der Waals surface area contributed by atoms with Gasteiger partial charge in [0, 0.05) is 12.6 Å². The van der Waals surface area contributed by atoms with Gasteiger partial charge in [0.2, 0.25) is 0 Å². The molecule has 2 saturated carbocycles. The molecule has 0 radical (unpaired) electrons. The maximum atomic E-state index is 13.1. The van der Waals surface area contributed by atoms with Gasteiger partial charge in [0.15, 0.2) is 5.96 Å². The molecule has 0 heterocycles. The number of guanidine groups is 1. The summed E-state index contributed by atoms with van der Waals surface area (Å²) >= 11 is 5.82. The van der Waals surface area contributed by atoms with Gasteiger partial charge in [-0.1, -0.05) is 24.1 Å². The number of nitrogens with one attached hydrogen (secondary N) is 1. The van der Waals surface area contributed by atoms with Crippen LogP contribution in [0.3, 0.4) is 0 Å². The van der Waals surface area contributed by atoms with Crippen molar-refractivity contribution in [3.63, 3.8) is 0 Å². The summed E-state index contributed by atoms with van der Waals surface area (Å²) in [6.45, 7) is 0.850. The fraction of sp³-hybridized carbons (Fsp3) is 0.562. The normalized spacial score (nSPS) is 26.1. The first kappa shape index (κ1) is 14.6. The highest BCUT2D eigenvalue weighted by molar-refractivity contribution is 6.30. The minimum atomic E-state index is -0.359. The van der Waals surface area contributed by atoms with Crippen LogP contribution in [0.2, 0.25) is 5.02 Å². The van der Waals surface area contributed by atoms with Crippen molar-refractivity contribution in [3.05, 3.63) is 34.6 Å². The van der Waals surface area contributed by atoms with Crippen LogP contribution in [0.25, 0.3) is 0 Å². The first-order valence-electron chi connectivity index (χ1n) is 7.63. The van der Waals surface area contributed by atoms with Crippen molar-refractivity contribution >= 4 is 17.6 Å². The van der Waals surface area contributed by atoms with Crippen LogP contribution in [0, 0.1) is 11.7 Å². The molecule has 2 fully saturated rings. The molecule has 0 aromatic heterocycles. The van der Waals surface area contributed by atoms with E-state index in [2.05, 4.69) is 10.3 Å². The molecule has 0 amide bonds. The lowest BCUT2D eigenvalue weighted by atomic mass is 9.76. The number of hydrogen-bond donors (Lipinski definition) is 2. The van der Waals surface area contributed by atoms with Gasteiger partial charge >= 0.3 is 0 Å². The van der Waals surface area contributed by atoms with E-state index in [9.17, 15) is 4.39 Å². The highest BCUT2D eigenvalue weighted by Crippen LogP contribution is 2.38. The maximum absolute atomic E-state index is 13.1. The number of nitrogens with zero attached hydrogens (tertiary/aromatic N) is 1. The SMILES string of the molecule is NC(=NCC1CCC1)NC1CC(c2ccc(F)c(Cl)c2)C1. The first-order chi connectivity index (χ1) is 10.1. The van der Waals surface area contributed by atoms with Gasteiger partial charge in [0.25, 0.3) is 0 Å². The number of benzene rings is 1. The summed E-state index contributed by atoms with van der Waals surface area (Å²) in [5.41, 5.74) is 7.01. The summed E-state index contributed by atoms with van der Waals surface area (Å²) in [4.78, 5) is 4.40. The minimum Gasteiger partial charge on any atom is -0.370 e. The van der Waals surface area contributed by atoms with Crippen LogP contribution < -0.4 is 11.1 Å². The summed E-state index contributed by atoms with van der Waals surface area (Å²) in [6, 6.07) is 5.35. The van der Waals surface area contributed by atoms with Crippen molar-refractivity contribution in [2.24, 2.45) is 16.6 Å². The fourth-order valence-corrected chi connectivity index (χ4v) is 3.12. The van der Waals surface area contributed by atoms with Crippen molar-refractivity contribution < 1.29 is 4.39 Å². The lowest BCUT2D eigenvalue weighted by molar-refractivity contribution is 0.317. The van der Waals surface area contributed by atoms with Crippen LogP contribution in [0.1, 0.15) is 43.6 Å². The molecule has 0 atom stereocenters. The van der Waals surface area contributed by atoms with E-state index < -0.39 is 0 Å². The third-order valence-electron chi connectivity index (χ3n) is 4.65. The molecule has 0 bridgehead atoms. The summed E-state index contributed by atoms with van der Waals surface area (Å²) in [7, 11) is 0. The molecule has 1 aromatic rings. The van der Waals surface area contributed by atoms with Crippen LogP contribution in [-0.4, -0.2) is 18.5 Å². The topological polar surface area (TPSA) is 50.4 Å². The lowest BCUT2D eigenvalue weighted by Gasteiger charge is -2.36. The van der Waals surface area contributed by atoms with Gasteiger partial charge in [0.1, 0.15) is 5.82 Å². The first-order valence-corrected chi connectivity index (χ1v) is 8.01. The molecule has 0 unspecified atom stereocenters. The zero-order valence-corrected chi connectivity index (χ0v) is 12.7. The van der Waals surface area contributed by atoms with Crippen molar-refractivity contribution in [1.82, 2.24) is 5.32 Å². The van der Waals surface area contributed by atoms with E-state index in [0.717, 1.165) is 30.9 Å². The molecule has 3 nitrogen and oxygen atoms in total. The summed E-state index contributed by atoms with van der Waals surface area (Å²) < 4.78 is 13.1. The average Bonchev–Trinajstić information content (AvgIpc) is 2.35. The molecular formula is C16H21ClFN3. The van der Waals surface area contributed by atoms with E-state index in [1.165, 1.54) is 25.3 Å². The van der Waals surface area contributed by atoms with Crippen LogP contribution in [0.4, 0.5) is 4.39 Å². The number of rotatable bonds is 4. The molecule has 3 N–H and O–H groups in total. The Labute approximate surface area is 129 Å². The second-order valence-corrected chi connectivity index (χ2v) is 6.61. The van der Waals surface area contributed by atoms with E-state index in [0.29, 0.717) is 17.9 Å². The van der Waals surface area contributed by atoms with Crippen molar-refractivity contribution in [2.45, 2.75) is 44.1 Å². The Morgan fingerprint density at radius 3 is 2.76 bits per heavy atom. The molecule has 5 heteroatoms. The summed E-state index contributed by atoms with van der Waals surface area (Å²) in [5, 5.41) is 3.47. The fourth-order valence-electron chi connectivity index (χ4n) is 2.93. The predicted molar refractivity (Wildman–Crippen MR) is 84.1 cm³/mol. The Hall–Kier alpha value is -1.29. The molecule has 1 aromatic carbocycles. The van der Waals surface area contributed by atoms with Crippen LogP contribution >= 0.6 is 11.6 Å². The van der Waals surface area contributed by atoms with Gasteiger partial charge in [0.05, 0.1) is 5.02 Å². The molecule has 21 heavy (non-hydrogen) atoms. The minimum absolute atomic E-state index is 0.200. The smallest absolute Gasteiger partial charge is 0.188 e. The van der Waals surface area contributed by atoms with Crippen LogP contribution in [0.15, 0.2) is 23.2 Å². The Kier molecular flexibility index (Phi) is 4.34. The lowest BCUT2D eigenvalue weighted by Crippen LogP contribution is -2.46. The standard InChI is InChI=1S/C16H21ClFN3/c17-14-8-11(4-5-15(14)18)12-6-13(7-12)21-16(19)20-9-10-2-1-3-10/h4-5,8,10,12-13H,1-3,6-7,9H2,(H3,19,20,21). The van der Waals surface area contributed by atoms with Gasteiger partial charge < -0.3 is 11.1 Å². The third-order valence-corrected chi connectivity index (χ3v) is 4.94. The van der Waals surface area contributed by atoms with E-state index in [1.54, 1.807) is 6.07 Å². The Bertz CT molecular complexity index is 536. The van der Waals surface area contributed by atoms with Gasteiger partial charge in [-0.05, 0) is 55.2 Å². The van der Waals surface area contributed by atoms with Crippen molar-refractivity contribution in [2.75, 3.05) is 6.54 Å². The van der Waals surface area contributed by atoms with Crippen molar-refractivity contribution in [1.29, 1.82) is 0 Å². The van der Waals surface area contributed by atoms with E-state index in [4.69, 9.17) is 17.3 Å². The number of aliphatic imine (C=N–C) groups is 1. The monoisotopic (exact) mass is 309 g/mol. The van der Waals surface area contributed by atoms with Gasteiger partial charge in [-0.3, -0.25) is 4.99 Å². The molecule has 0 aliphatic heterocycles. The Morgan fingerprint density at radius 2 is 2.14 bits per heavy atom. The Morgan fingerprint density at radius 1 is 1.38 bits per heavy atom. The summed E-state index contributed by atoms with van der Waals surface area (Å²) in [6.07, 6.45) is 5.88. The molecule has 0 saturated heterocycles. The highest BCUT2D eigenvalue weighted by Gasteiger charge is 2.31. The molecule has 2 aliphatic rings. The Balaban J connectivity index is 1.45. The van der Waals surface area contributed by atoms with Crippen LogP contribution in [-0.2, 0) is 0 Å². The zero-order chi connectivity index (χ0) is 14.8. The van der Waals surface area contributed by atoms with Crippen LogP contribution in [0.5, 0.6) is 0 Å². The summed E-state index contributed by atoms with van der Waals surface area (Å²) in [5.74, 6) is 1.37. The van der Waals surface area contributed by atoms with Gasteiger partial charge in [-0.15, -0.1) is 0 Å². The molecule has 3 rings (SSSR count). The third kappa shape index (κ3) is 3.49. The second kappa shape index (κ2) is 6.22. The second-order valence-electron chi connectivity index (χ2n) is 6.21. The van der Waals surface area contributed by atoms with Gasteiger partial charge in [-0.2, -0.15) is 0 Å². The average molecular weight is 310 g/mol. The molecule has 2 aliphatic carbocycles. The number of halogens is 2. The highest BCUT2D eigenvalue weighted by atomic mass is 35.5.